The average molecular weight is 283 g/mol. The van der Waals surface area contributed by atoms with Crippen LogP contribution in [0.4, 0.5) is 5.69 Å². The van der Waals surface area contributed by atoms with Crippen LogP contribution in [0.15, 0.2) is 75.9 Å². The molecule has 0 saturated carbocycles. The summed E-state index contributed by atoms with van der Waals surface area (Å²) in [7, 11) is 2.02. The van der Waals surface area contributed by atoms with E-state index in [0.29, 0.717) is 0 Å². The van der Waals surface area contributed by atoms with Gasteiger partial charge in [0, 0.05) is 11.9 Å². The summed E-state index contributed by atoms with van der Waals surface area (Å²) >= 11 is 1.70. The summed E-state index contributed by atoms with van der Waals surface area (Å²) in [6, 6.07) is 8.22. The lowest BCUT2D eigenvalue weighted by atomic mass is 10.1. The van der Waals surface area contributed by atoms with Crippen molar-refractivity contribution in [2.75, 3.05) is 11.9 Å². The van der Waals surface area contributed by atoms with Gasteiger partial charge in [0.15, 0.2) is 5.76 Å². The van der Waals surface area contributed by atoms with E-state index in [1.807, 2.05) is 31.3 Å². The number of allylic oxidation sites excluding steroid dienone is 6. The molecule has 0 aromatic heterocycles. The van der Waals surface area contributed by atoms with Crippen LogP contribution in [0.1, 0.15) is 0 Å². The number of carbonyl (C=O) groups is 1. The largest absolute Gasteiger partial charge is 0.504 e. The zero-order valence-corrected chi connectivity index (χ0v) is 11.7. The molecule has 1 aliphatic carbocycles. The van der Waals surface area contributed by atoms with Crippen molar-refractivity contribution in [3.8, 4) is 0 Å². The normalized spacial score (nSPS) is 21.6. The molecular formula is C16H13NO2S. The first-order chi connectivity index (χ1) is 9.65. The molecule has 1 aromatic carbocycles. The number of hydrogen-bond donors (Lipinski definition) is 1. The molecule has 0 radical (unpaired) electrons. The summed E-state index contributed by atoms with van der Waals surface area (Å²) in [6.07, 6.45) is 8.44. The smallest absolute Gasteiger partial charge is 0.220 e. The number of thioether (sulfide) groups is 1. The zero-order valence-electron chi connectivity index (χ0n) is 10.9. The van der Waals surface area contributed by atoms with Gasteiger partial charge in [-0.15, -0.1) is 0 Å². The Morgan fingerprint density at radius 1 is 1.20 bits per heavy atom. The summed E-state index contributed by atoms with van der Waals surface area (Å²) in [5, 5.41) is 10.5. The summed E-state index contributed by atoms with van der Waals surface area (Å²) in [4.78, 5) is 14.5. The Kier molecular flexibility index (Phi) is 3.24. The van der Waals surface area contributed by atoms with Gasteiger partial charge in [0.2, 0.25) is 5.78 Å². The zero-order chi connectivity index (χ0) is 14.1. The molecule has 0 unspecified atom stereocenters. The number of hydrogen-bond acceptors (Lipinski definition) is 4. The number of aliphatic hydroxyl groups is 1. The van der Waals surface area contributed by atoms with Gasteiger partial charge in [0.1, 0.15) is 0 Å². The van der Waals surface area contributed by atoms with Crippen LogP contribution in [0, 0.1) is 0 Å². The van der Waals surface area contributed by atoms with Crippen molar-refractivity contribution in [2.45, 2.75) is 4.90 Å². The molecule has 1 heterocycles. The lowest BCUT2D eigenvalue weighted by Crippen LogP contribution is -2.09. The minimum Gasteiger partial charge on any atom is -0.504 e. The monoisotopic (exact) mass is 283 g/mol. The van der Waals surface area contributed by atoms with Crippen LogP contribution in [0.25, 0.3) is 0 Å². The summed E-state index contributed by atoms with van der Waals surface area (Å²) in [5.74, 6) is -0.567. The van der Waals surface area contributed by atoms with Crippen LogP contribution in [0.2, 0.25) is 0 Å². The van der Waals surface area contributed by atoms with E-state index in [1.54, 1.807) is 17.8 Å². The van der Waals surface area contributed by atoms with E-state index >= 15 is 0 Å². The van der Waals surface area contributed by atoms with Crippen LogP contribution < -0.4 is 4.90 Å². The number of anilines is 1. The molecule has 1 aromatic rings. The molecular weight excluding hydrogens is 270 g/mol. The third-order valence-electron chi connectivity index (χ3n) is 3.17. The maximum Gasteiger partial charge on any atom is 0.220 e. The Labute approximate surface area is 121 Å². The van der Waals surface area contributed by atoms with Gasteiger partial charge in [-0.05, 0) is 35.9 Å². The second-order valence-electron chi connectivity index (χ2n) is 4.53. The predicted octanol–water partition coefficient (Wildman–Crippen LogP) is 3.58. The Hall–Kier alpha value is -2.20. The number of carbonyl (C=O) groups excluding carboxylic acids is 1. The van der Waals surface area contributed by atoms with E-state index < -0.39 is 0 Å². The highest BCUT2D eigenvalue weighted by molar-refractivity contribution is 8.03. The van der Waals surface area contributed by atoms with Crippen LogP contribution in [-0.2, 0) is 4.79 Å². The molecule has 2 aliphatic rings. The highest BCUT2D eigenvalue weighted by atomic mass is 32.2. The van der Waals surface area contributed by atoms with Crippen LogP contribution in [0.5, 0.6) is 0 Å². The maximum atomic E-state index is 11.1. The fourth-order valence-corrected chi connectivity index (χ4v) is 3.12. The number of aliphatic hydroxyl groups excluding tert-OH is 1. The molecule has 1 N–H and O–H groups in total. The minimum atomic E-state index is -0.352. The number of benzene rings is 1. The maximum absolute atomic E-state index is 11.1. The first-order valence-electron chi connectivity index (χ1n) is 6.21. The van der Waals surface area contributed by atoms with Gasteiger partial charge < -0.3 is 10.0 Å². The van der Waals surface area contributed by atoms with Crippen molar-refractivity contribution in [1.82, 2.24) is 0 Å². The number of fused-ring (bicyclic) bond motifs is 1. The second kappa shape index (κ2) is 5.06. The molecule has 3 rings (SSSR count). The van der Waals surface area contributed by atoms with Crippen molar-refractivity contribution >= 4 is 23.2 Å². The molecule has 100 valence electrons. The van der Waals surface area contributed by atoms with Gasteiger partial charge >= 0.3 is 0 Å². The van der Waals surface area contributed by atoms with Crippen molar-refractivity contribution in [3.05, 3.63) is 71.0 Å². The number of rotatable bonds is 1. The third kappa shape index (κ3) is 2.30. The van der Waals surface area contributed by atoms with Crippen molar-refractivity contribution in [1.29, 1.82) is 0 Å². The fraction of sp³-hybridized carbons (Fsp3) is 0.0625. The molecule has 0 amide bonds. The fourth-order valence-electron chi connectivity index (χ4n) is 2.07. The Morgan fingerprint density at radius 3 is 2.75 bits per heavy atom. The standard InChI is InChI=1S/C16H13NO2S/c1-17-12-4-2-3-5-15(12)20-16(17)9-7-11-6-8-13(18)14(19)10-11/h2-10,19H,1H3. The van der Waals surface area contributed by atoms with Crippen molar-refractivity contribution in [2.24, 2.45) is 0 Å². The van der Waals surface area contributed by atoms with Gasteiger partial charge in [-0.2, -0.15) is 0 Å². The summed E-state index contributed by atoms with van der Waals surface area (Å²) in [6.45, 7) is 0. The Bertz CT molecular complexity index is 698. The van der Waals surface area contributed by atoms with Gasteiger partial charge in [-0.25, -0.2) is 0 Å². The Morgan fingerprint density at radius 2 is 2.00 bits per heavy atom. The van der Waals surface area contributed by atoms with E-state index in [0.717, 1.165) is 10.6 Å². The van der Waals surface area contributed by atoms with Gasteiger partial charge in [0.25, 0.3) is 0 Å². The van der Waals surface area contributed by atoms with Gasteiger partial charge in [0.05, 0.1) is 10.7 Å². The highest BCUT2D eigenvalue weighted by Crippen LogP contribution is 2.44. The second-order valence-corrected chi connectivity index (χ2v) is 5.59. The van der Waals surface area contributed by atoms with E-state index in [4.69, 9.17) is 0 Å². The topological polar surface area (TPSA) is 40.5 Å². The predicted molar refractivity (Wildman–Crippen MR) is 81.7 cm³/mol. The molecule has 0 spiro atoms. The van der Waals surface area contributed by atoms with E-state index in [2.05, 4.69) is 17.0 Å². The summed E-state index contributed by atoms with van der Waals surface area (Å²) < 4.78 is 0. The van der Waals surface area contributed by atoms with Crippen molar-refractivity contribution in [3.63, 3.8) is 0 Å². The lowest BCUT2D eigenvalue weighted by Gasteiger charge is -2.12. The molecule has 0 bridgehead atoms. The molecule has 0 saturated heterocycles. The van der Waals surface area contributed by atoms with Crippen LogP contribution >= 0.6 is 11.8 Å². The quantitative estimate of drug-likeness (QED) is 0.855. The number of nitrogens with zero attached hydrogens (tertiary/aromatic N) is 1. The Balaban J connectivity index is 1.86. The van der Waals surface area contributed by atoms with E-state index in [9.17, 15) is 9.90 Å². The van der Waals surface area contributed by atoms with Crippen LogP contribution in [0.3, 0.4) is 0 Å². The number of ketones is 1. The molecule has 3 nitrogen and oxygen atoms in total. The molecule has 4 heteroatoms. The van der Waals surface area contributed by atoms with Gasteiger partial charge in [-0.3, -0.25) is 4.79 Å². The first-order valence-corrected chi connectivity index (χ1v) is 7.02. The van der Waals surface area contributed by atoms with Gasteiger partial charge in [-0.1, -0.05) is 36.0 Å². The minimum absolute atomic E-state index is 0.215. The molecule has 20 heavy (non-hydrogen) atoms. The first kappa shape index (κ1) is 12.8. The van der Waals surface area contributed by atoms with E-state index in [-0.39, 0.29) is 11.5 Å². The summed E-state index contributed by atoms with van der Waals surface area (Å²) in [5.41, 5.74) is 1.99. The lowest BCUT2D eigenvalue weighted by molar-refractivity contribution is -0.113. The molecule has 0 atom stereocenters. The SMILES string of the molecule is CN1C(=CC=C2C=CC(=O)C(O)=C2)Sc2ccccc21. The number of para-hydroxylation sites is 1. The third-order valence-corrected chi connectivity index (χ3v) is 4.36. The van der Waals surface area contributed by atoms with E-state index in [1.165, 1.54) is 22.7 Å². The highest BCUT2D eigenvalue weighted by Gasteiger charge is 2.20. The van der Waals surface area contributed by atoms with Crippen molar-refractivity contribution < 1.29 is 9.90 Å². The van der Waals surface area contributed by atoms with Crippen LogP contribution in [-0.4, -0.2) is 17.9 Å². The molecule has 1 aliphatic heterocycles. The molecule has 0 fully saturated rings. The average Bonchev–Trinajstić information content (AvgIpc) is 2.77.